The Bertz CT molecular complexity index is 1240. The van der Waals surface area contributed by atoms with Crippen LogP contribution in [-0.2, 0) is 0 Å². The molecule has 1 fully saturated rings. The molecule has 0 spiro atoms. The largest absolute Gasteiger partial charge is 0.351 e. The van der Waals surface area contributed by atoms with Gasteiger partial charge in [0.15, 0.2) is 5.11 Å². The number of nitrogens with zero attached hydrogens (tertiary/aromatic N) is 3. The fraction of sp³-hybridized carbons (Fsp3) is 0.120. The molecular weight excluding hydrogens is 407 g/mol. The van der Waals surface area contributed by atoms with Crippen molar-refractivity contribution < 1.29 is 4.39 Å². The molecule has 1 aliphatic rings. The Balaban J connectivity index is 1.68. The lowest BCUT2D eigenvalue weighted by Crippen LogP contribution is -2.30. The molecule has 5 rings (SSSR count). The highest BCUT2D eigenvalue weighted by atomic mass is 32.1. The van der Waals surface area contributed by atoms with Crippen molar-refractivity contribution in [3.05, 3.63) is 114 Å². The number of thiocarbonyl (C=S) groups is 1. The number of rotatable bonds is 4. The zero-order valence-electron chi connectivity index (χ0n) is 16.9. The molecule has 1 aliphatic heterocycles. The van der Waals surface area contributed by atoms with E-state index in [1.807, 2.05) is 47.2 Å². The van der Waals surface area contributed by atoms with E-state index < -0.39 is 0 Å². The third kappa shape index (κ3) is 3.59. The predicted molar refractivity (Wildman–Crippen MR) is 125 cm³/mol. The van der Waals surface area contributed by atoms with Gasteiger partial charge < -0.3 is 14.8 Å². The van der Waals surface area contributed by atoms with E-state index in [4.69, 9.17) is 12.2 Å². The van der Waals surface area contributed by atoms with Crippen LogP contribution in [0.25, 0.3) is 5.69 Å². The van der Waals surface area contributed by atoms with Crippen molar-refractivity contribution in [2.75, 3.05) is 4.90 Å². The molecule has 4 nitrogen and oxygen atoms in total. The van der Waals surface area contributed by atoms with E-state index >= 15 is 0 Å². The molecule has 1 N–H and O–H groups in total. The summed E-state index contributed by atoms with van der Waals surface area (Å²) in [7, 11) is 0. The quantitative estimate of drug-likeness (QED) is 0.435. The van der Waals surface area contributed by atoms with Gasteiger partial charge in [-0.3, -0.25) is 4.98 Å². The van der Waals surface area contributed by atoms with Crippen LogP contribution in [-0.4, -0.2) is 14.7 Å². The van der Waals surface area contributed by atoms with E-state index in [2.05, 4.69) is 46.4 Å². The minimum atomic E-state index is -0.269. The molecule has 0 aliphatic carbocycles. The first-order valence-electron chi connectivity index (χ1n) is 10.1. The van der Waals surface area contributed by atoms with Crippen molar-refractivity contribution in [2.24, 2.45) is 0 Å². The Hall–Kier alpha value is -3.51. The van der Waals surface area contributed by atoms with Gasteiger partial charge in [-0.05, 0) is 79.3 Å². The highest BCUT2D eigenvalue weighted by Crippen LogP contribution is 2.42. The first kappa shape index (κ1) is 19.5. The van der Waals surface area contributed by atoms with Crippen LogP contribution >= 0.6 is 12.2 Å². The van der Waals surface area contributed by atoms with Gasteiger partial charge in [0.2, 0.25) is 0 Å². The molecule has 2 aromatic heterocycles. The number of nitrogens with one attached hydrogen (secondary N) is 1. The maximum Gasteiger partial charge on any atom is 0.174 e. The van der Waals surface area contributed by atoms with Gasteiger partial charge in [0, 0.05) is 29.5 Å². The van der Waals surface area contributed by atoms with Crippen LogP contribution in [0.4, 0.5) is 10.1 Å². The molecule has 0 amide bonds. The second-order valence-corrected chi connectivity index (χ2v) is 8.01. The first-order valence-corrected chi connectivity index (χ1v) is 10.5. The van der Waals surface area contributed by atoms with Gasteiger partial charge in [-0.1, -0.05) is 24.3 Å². The summed E-state index contributed by atoms with van der Waals surface area (Å²) < 4.78 is 16.0. The van der Waals surface area contributed by atoms with Gasteiger partial charge in [0.25, 0.3) is 0 Å². The van der Waals surface area contributed by atoms with Crippen LogP contribution in [0.3, 0.4) is 0 Å². The van der Waals surface area contributed by atoms with E-state index in [1.165, 1.54) is 12.1 Å². The normalized spacial score (nSPS) is 18.3. The second-order valence-electron chi connectivity index (χ2n) is 7.62. The molecule has 1 saturated heterocycles. The van der Waals surface area contributed by atoms with Crippen LogP contribution in [0.1, 0.15) is 29.0 Å². The molecule has 0 bridgehead atoms. The van der Waals surface area contributed by atoms with Crippen molar-refractivity contribution in [1.82, 2.24) is 14.9 Å². The summed E-state index contributed by atoms with van der Waals surface area (Å²) >= 11 is 5.79. The number of pyridine rings is 1. The lowest BCUT2D eigenvalue weighted by molar-refractivity contribution is 0.549. The average molecular weight is 429 g/mol. The summed E-state index contributed by atoms with van der Waals surface area (Å²) in [5.74, 6) is -0.269. The van der Waals surface area contributed by atoms with E-state index in [0.717, 1.165) is 28.3 Å². The van der Waals surface area contributed by atoms with Gasteiger partial charge >= 0.3 is 0 Å². The van der Waals surface area contributed by atoms with Crippen LogP contribution < -0.4 is 10.2 Å². The topological polar surface area (TPSA) is 33.1 Å². The molecule has 0 unspecified atom stereocenters. The van der Waals surface area contributed by atoms with Gasteiger partial charge in [-0.25, -0.2) is 4.39 Å². The zero-order chi connectivity index (χ0) is 21.4. The van der Waals surface area contributed by atoms with Gasteiger partial charge in [0.1, 0.15) is 11.9 Å². The third-order valence-corrected chi connectivity index (χ3v) is 5.86. The Morgan fingerprint density at radius 2 is 1.77 bits per heavy atom. The molecule has 2 aromatic carbocycles. The summed E-state index contributed by atoms with van der Waals surface area (Å²) in [5, 5.41) is 4.11. The Morgan fingerprint density at radius 3 is 2.55 bits per heavy atom. The molecule has 6 heteroatoms. The highest BCUT2D eigenvalue weighted by molar-refractivity contribution is 7.80. The summed E-state index contributed by atoms with van der Waals surface area (Å²) in [4.78, 5) is 6.73. The fourth-order valence-corrected chi connectivity index (χ4v) is 4.55. The number of benzene rings is 2. The van der Waals surface area contributed by atoms with Gasteiger partial charge in [0.05, 0.1) is 11.7 Å². The lowest BCUT2D eigenvalue weighted by atomic mass is 10.0. The highest BCUT2D eigenvalue weighted by Gasteiger charge is 2.42. The molecule has 31 heavy (non-hydrogen) atoms. The van der Waals surface area contributed by atoms with Crippen molar-refractivity contribution in [3.8, 4) is 5.69 Å². The van der Waals surface area contributed by atoms with Crippen LogP contribution in [0.5, 0.6) is 0 Å². The standard InChI is InChI=1S/C25H21FN4S/c1-17-7-4-10-20(15-17)30-24(23(28-25(30)31)21-11-2-3-13-27-21)22-12-6-14-29(22)19-9-5-8-18(26)16-19/h2-16,23-24H,1H3,(H,28,31)/t23-,24+/m1/s1. The lowest BCUT2D eigenvalue weighted by Gasteiger charge is -2.29. The monoisotopic (exact) mass is 428 g/mol. The van der Waals surface area contributed by atoms with Crippen molar-refractivity contribution in [1.29, 1.82) is 0 Å². The molecule has 0 saturated carbocycles. The van der Waals surface area contributed by atoms with E-state index in [0.29, 0.717) is 5.11 Å². The number of halogens is 1. The second kappa shape index (κ2) is 7.96. The first-order chi connectivity index (χ1) is 15.1. The number of hydrogen-bond donors (Lipinski definition) is 1. The summed E-state index contributed by atoms with van der Waals surface area (Å²) in [5.41, 5.74) is 4.82. The van der Waals surface area contributed by atoms with Crippen molar-refractivity contribution in [3.63, 3.8) is 0 Å². The number of aryl methyl sites for hydroxylation is 1. The smallest absolute Gasteiger partial charge is 0.174 e. The fourth-order valence-electron chi connectivity index (χ4n) is 4.21. The minimum absolute atomic E-state index is 0.156. The zero-order valence-corrected chi connectivity index (χ0v) is 17.8. The number of hydrogen-bond acceptors (Lipinski definition) is 2. The Morgan fingerprint density at radius 1 is 0.935 bits per heavy atom. The molecule has 154 valence electrons. The molecule has 2 atom stereocenters. The average Bonchev–Trinajstić information content (AvgIpc) is 3.38. The van der Waals surface area contributed by atoms with Crippen LogP contribution in [0.2, 0.25) is 0 Å². The van der Waals surface area contributed by atoms with Gasteiger partial charge in [-0.2, -0.15) is 0 Å². The van der Waals surface area contributed by atoms with E-state index in [9.17, 15) is 4.39 Å². The molecule has 3 heterocycles. The van der Waals surface area contributed by atoms with E-state index in [1.54, 1.807) is 12.3 Å². The third-order valence-electron chi connectivity index (χ3n) is 5.55. The number of anilines is 1. The van der Waals surface area contributed by atoms with Gasteiger partial charge in [-0.15, -0.1) is 0 Å². The van der Waals surface area contributed by atoms with Crippen LogP contribution in [0.15, 0.2) is 91.3 Å². The maximum atomic E-state index is 14.0. The van der Waals surface area contributed by atoms with Crippen molar-refractivity contribution >= 4 is 23.0 Å². The Labute approximate surface area is 186 Å². The van der Waals surface area contributed by atoms with Crippen LogP contribution in [0, 0.1) is 12.7 Å². The SMILES string of the molecule is Cc1cccc(N2C(=S)N[C@H](c3ccccn3)[C@@H]2c2cccn2-c2cccc(F)c2)c1. The summed E-state index contributed by atoms with van der Waals surface area (Å²) in [6.07, 6.45) is 3.74. The molecule has 0 radical (unpaired) electrons. The molecule has 4 aromatic rings. The number of aromatic nitrogens is 2. The summed E-state index contributed by atoms with van der Waals surface area (Å²) in [6, 6.07) is 24.5. The molecular formula is C25H21FN4S. The maximum absolute atomic E-state index is 14.0. The Kier molecular flexibility index (Phi) is 5.00. The summed E-state index contributed by atoms with van der Waals surface area (Å²) in [6.45, 7) is 2.07. The van der Waals surface area contributed by atoms with E-state index in [-0.39, 0.29) is 17.9 Å². The van der Waals surface area contributed by atoms with Crippen molar-refractivity contribution in [2.45, 2.75) is 19.0 Å². The minimum Gasteiger partial charge on any atom is -0.351 e. The predicted octanol–water partition coefficient (Wildman–Crippen LogP) is 5.50.